The van der Waals surface area contributed by atoms with E-state index in [9.17, 15) is 4.21 Å². The zero-order chi connectivity index (χ0) is 9.40. The first kappa shape index (κ1) is 11.2. The minimum atomic E-state index is -1.94. The Labute approximate surface area is 74.3 Å². The number of aromatic nitrogens is 1. The third kappa shape index (κ3) is 4.95. The molecule has 1 unspecified atom stereocenters. The Morgan fingerprint density at radius 2 is 2.08 bits per heavy atom. The summed E-state index contributed by atoms with van der Waals surface area (Å²) in [5.74, 6) is 0. The third-order valence-electron chi connectivity index (χ3n) is 0.817. The van der Waals surface area contributed by atoms with Crippen LogP contribution in [0.15, 0.2) is 29.4 Å². The van der Waals surface area contributed by atoms with Gasteiger partial charge < -0.3 is 9.87 Å². The quantitative estimate of drug-likeness (QED) is 0.630. The average molecular weight is 188 g/mol. The van der Waals surface area contributed by atoms with E-state index in [2.05, 4.69) is 10.3 Å². The molecule has 1 rings (SSSR count). The molecule has 4 nitrogen and oxygen atoms in total. The molecule has 1 aromatic rings. The summed E-state index contributed by atoms with van der Waals surface area (Å²) in [7, 11) is 3.75. The molecule has 0 aliphatic carbocycles. The van der Waals surface area contributed by atoms with Crippen LogP contribution in [0.3, 0.4) is 0 Å². The molecule has 12 heavy (non-hydrogen) atoms. The van der Waals surface area contributed by atoms with E-state index in [0.717, 1.165) is 0 Å². The highest BCUT2D eigenvalue weighted by atomic mass is 32.2. The highest BCUT2D eigenvalue weighted by Crippen LogP contribution is 1.95. The molecular weight excluding hydrogens is 176 g/mol. The number of hydrogen-bond donors (Lipinski definition) is 2. The van der Waals surface area contributed by atoms with Crippen LogP contribution in [-0.4, -0.2) is 27.8 Å². The molecule has 0 fully saturated rings. The van der Waals surface area contributed by atoms with Gasteiger partial charge in [-0.25, -0.2) is 9.19 Å². The zero-order valence-electron chi connectivity index (χ0n) is 7.02. The lowest BCUT2D eigenvalue weighted by Crippen LogP contribution is -1.89. The number of hydrogen-bond acceptors (Lipinski definition) is 3. The van der Waals surface area contributed by atoms with Gasteiger partial charge >= 0.3 is 0 Å². The Morgan fingerprint density at radius 1 is 1.50 bits per heavy atom. The van der Waals surface area contributed by atoms with Gasteiger partial charge in [0.05, 0.1) is 0 Å². The van der Waals surface area contributed by atoms with Crippen molar-refractivity contribution in [1.29, 1.82) is 0 Å². The molecule has 0 amide bonds. The van der Waals surface area contributed by atoms with E-state index < -0.39 is 11.1 Å². The van der Waals surface area contributed by atoms with Gasteiger partial charge in [-0.1, -0.05) is 6.07 Å². The molecule has 0 spiro atoms. The Balaban J connectivity index is 0.000000354. The maximum absolute atomic E-state index is 10.2. The fourth-order valence-electron chi connectivity index (χ4n) is 0.450. The summed E-state index contributed by atoms with van der Waals surface area (Å²) in [5, 5.41) is 2.94. The first-order valence-corrected chi connectivity index (χ1v) is 4.43. The lowest BCUT2D eigenvalue weighted by molar-refractivity contribution is 0.560. The van der Waals surface area contributed by atoms with Crippen molar-refractivity contribution in [1.82, 2.24) is 10.3 Å². The van der Waals surface area contributed by atoms with Crippen LogP contribution >= 0.6 is 0 Å². The van der Waals surface area contributed by atoms with Gasteiger partial charge in [0.2, 0.25) is 11.1 Å². The topological polar surface area (TPSA) is 62.2 Å². The number of rotatable bonds is 1. The van der Waals surface area contributed by atoms with E-state index in [4.69, 9.17) is 4.55 Å². The third-order valence-corrected chi connectivity index (χ3v) is 1.42. The van der Waals surface area contributed by atoms with Crippen LogP contribution in [0.4, 0.5) is 0 Å². The molecule has 0 saturated heterocycles. The van der Waals surface area contributed by atoms with Crippen molar-refractivity contribution in [2.45, 2.75) is 5.03 Å². The maximum atomic E-state index is 10.2. The number of pyridine rings is 1. The number of nitrogens with zero attached hydrogens (tertiary/aromatic N) is 1. The molecule has 0 bridgehead atoms. The molecule has 2 N–H and O–H groups in total. The lowest BCUT2D eigenvalue weighted by Gasteiger charge is -1.88. The Morgan fingerprint density at radius 3 is 2.33 bits per heavy atom. The van der Waals surface area contributed by atoms with Crippen molar-refractivity contribution in [3.63, 3.8) is 0 Å². The van der Waals surface area contributed by atoms with E-state index in [1.807, 2.05) is 14.1 Å². The van der Waals surface area contributed by atoms with Crippen LogP contribution in [0.1, 0.15) is 0 Å². The lowest BCUT2D eigenvalue weighted by atomic mass is 10.5. The molecule has 68 valence electrons. The van der Waals surface area contributed by atoms with E-state index in [-0.39, 0.29) is 5.03 Å². The minimum absolute atomic E-state index is 0.192. The summed E-state index contributed by atoms with van der Waals surface area (Å²) in [5.41, 5.74) is 0. The maximum Gasteiger partial charge on any atom is 0.205 e. The van der Waals surface area contributed by atoms with Crippen LogP contribution in [0.5, 0.6) is 0 Å². The minimum Gasteiger partial charge on any atom is -0.323 e. The van der Waals surface area contributed by atoms with Gasteiger partial charge in [-0.3, -0.25) is 0 Å². The van der Waals surface area contributed by atoms with Crippen molar-refractivity contribution < 1.29 is 8.76 Å². The van der Waals surface area contributed by atoms with Crippen LogP contribution < -0.4 is 5.32 Å². The SMILES string of the molecule is CNC.O=S(O)c1ccccn1. The summed E-state index contributed by atoms with van der Waals surface area (Å²) >= 11 is -1.94. The second-order valence-corrected chi connectivity index (χ2v) is 2.83. The summed E-state index contributed by atoms with van der Waals surface area (Å²) in [6, 6.07) is 4.85. The molecule has 0 aliphatic rings. The van der Waals surface area contributed by atoms with Gasteiger partial charge in [0.15, 0.2) is 5.03 Å². The molecule has 1 heterocycles. The van der Waals surface area contributed by atoms with E-state index >= 15 is 0 Å². The van der Waals surface area contributed by atoms with Crippen LogP contribution in [0.2, 0.25) is 0 Å². The van der Waals surface area contributed by atoms with Crippen molar-refractivity contribution in [3.8, 4) is 0 Å². The first-order valence-electron chi connectivity index (χ1n) is 3.32. The predicted octanol–water partition coefficient (Wildman–Crippen LogP) is 0.498. The Hall–Kier alpha value is -0.780. The average Bonchev–Trinajstić information content (AvgIpc) is 2.07. The fraction of sp³-hybridized carbons (Fsp3) is 0.286. The van der Waals surface area contributed by atoms with Gasteiger partial charge in [0.25, 0.3) is 0 Å². The van der Waals surface area contributed by atoms with Gasteiger partial charge in [-0.05, 0) is 26.2 Å². The largest absolute Gasteiger partial charge is 0.323 e. The fourth-order valence-corrected chi connectivity index (χ4v) is 0.796. The van der Waals surface area contributed by atoms with Gasteiger partial charge in [-0.2, -0.15) is 0 Å². The van der Waals surface area contributed by atoms with E-state index in [1.54, 1.807) is 12.1 Å². The second-order valence-electron chi connectivity index (χ2n) is 1.92. The van der Waals surface area contributed by atoms with E-state index in [0.29, 0.717) is 0 Å². The standard InChI is InChI=1S/C5H5NO2S.C2H7N/c7-9(8)5-3-1-2-4-6-5;1-3-2/h1-4H,(H,7,8);3H,1-2H3. The van der Waals surface area contributed by atoms with Gasteiger partial charge in [-0.15, -0.1) is 0 Å². The summed E-state index contributed by atoms with van der Waals surface area (Å²) in [6.45, 7) is 0. The van der Waals surface area contributed by atoms with Gasteiger partial charge in [0.1, 0.15) is 0 Å². The van der Waals surface area contributed by atoms with Crippen molar-refractivity contribution in [3.05, 3.63) is 24.4 Å². The van der Waals surface area contributed by atoms with Crippen molar-refractivity contribution in [2.75, 3.05) is 14.1 Å². The molecule has 1 aromatic heterocycles. The molecule has 0 aliphatic heterocycles. The first-order chi connectivity index (χ1) is 5.72. The molecule has 0 aromatic carbocycles. The monoisotopic (exact) mass is 188 g/mol. The van der Waals surface area contributed by atoms with Gasteiger partial charge in [0, 0.05) is 6.20 Å². The predicted molar refractivity (Wildman–Crippen MR) is 48.3 cm³/mol. The van der Waals surface area contributed by atoms with Crippen LogP contribution in [0.25, 0.3) is 0 Å². The molecule has 0 radical (unpaired) electrons. The highest BCUT2D eigenvalue weighted by molar-refractivity contribution is 7.79. The van der Waals surface area contributed by atoms with Crippen molar-refractivity contribution >= 4 is 11.1 Å². The molecule has 0 saturated carbocycles. The summed E-state index contributed by atoms with van der Waals surface area (Å²) in [4.78, 5) is 3.63. The zero-order valence-corrected chi connectivity index (χ0v) is 7.84. The normalized spacial score (nSPS) is 11.2. The smallest absolute Gasteiger partial charge is 0.205 e. The molecular formula is C7H12N2O2S. The second kappa shape index (κ2) is 6.90. The van der Waals surface area contributed by atoms with E-state index in [1.165, 1.54) is 12.3 Å². The molecule has 5 heteroatoms. The Kier molecular flexibility index (Phi) is 6.45. The Bertz CT molecular complexity index is 228. The summed E-state index contributed by atoms with van der Waals surface area (Å²) < 4.78 is 18.7. The summed E-state index contributed by atoms with van der Waals surface area (Å²) in [6.07, 6.45) is 1.48. The number of nitrogens with one attached hydrogen (secondary N) is 1. The van der Waals surface area contributed by atoms with Crippen LogP contribution in [0, 0.1) is 0 Å². The highest BCUT2D eigenvalue weighted by Gasteiger charge is 1.95. The van der Waals surface area contributed by atoms with Crippen molar-refractivity contribution in [2.24, 2.45) is 0 Å². The molecule has 1 atom stereocenters. The van der Waals surface area contributed by atoms with Crippen LogP contribution in [-0.2, 0) is 11.1 Å².